The van der Waals surface area contributed by atoms with Crippen molar-refractivity contribution in [2.45, 2.75) is 38.4 Å². The van der Waals surface area contributed by atoms with Crippen molar-refractivity contribution in [3.8, 4) is 0 Å². The van der Waals surface area contributed by atoms with Gasteiger partial charge in [-0.25, -0.2) is 4.79 Å². The summed E-state index contributed by atoms with van der Waals surface area (Å²) >= 11 is 0. The molecule has 7 heteroatoms. The zero-order valence-electron chi connectivity index (χ0n) is 14.5. The van der Waals surface area contributed by atoms with E-state index in [0.29, 0.717) is 5.69 Å². The molecule has 0 aliphatic carbocycles. The van der Waals surface area contributed by atoms with E-state index in [1.807, 2.05) is 0 Å². The maximum Gasteiger partial charge on any atom is 0.416 e. The van der Waals surface area contributed by atoms with Crippen LogP contribution in [0.25, 0.3) is 0 Å². The van der Waals surface area contributed by atoms with Crippen LogP contribution >= 0.6 is 0 Å². The maximum absolute atomic E-state index is 13.2. The second kappa shape index (κ2) is 7.05. The molecule has 0 aromatic heterocycles. The zero-order chi connectivity index (χ0) is 18.9. The third kappa shape index (κ3) is 3.71. The van der Waals surface area contributed by atoms with E-state index in [1.165, 1.54) is 24.4 Å². The van der Waals surface area contributed by atoms with E-state index in [2.05, 4.69) is 11.8 Å². The lowest BCUT2D eigenvalue weighted by Crippen LogP contribution is -2.38. The average Bonchev–Trinajstić information content (AvgIpc) is 2.61. The lowest BCUT2D eigenvalue weighted by Gasteiger charge is -2.38. The minimum absolute atomic E-state index is 0.140. The fourth-order valence-electron chi connectivity index (χ4n) is 3.46. The highest BCUT2D eigenvalue weighted by Gasteiger charge is 2.33. The van der Waals surface area contributed by atoms with Crippen LogP contribution in [0.4, 0.5) is 24.5 Å². The first-order valence-corrected chi connectivity index (χ1v) is 8.63. The highest BCUT2D eigenvalue weighted by Crippen LogP contribution is 2.39. The minimum Gasteiger partial charge on any atom is -0.478 e. The summed E-state index contributed by atoms with van der Waals surface area (Å²) in [5.74, 6) is -1.05. The Labute approximate surface area is 150 Å². The first kappa shape index (κ1) is 18.4. The van der Waals surface area contributed by atoms with E-state index < -0.39 is 17.7 Å². The molecule has 0 spiro atoms. The number of rotatable bonds is 3. The van der Waals surface area contributed by atoms with E-state index >= 15 is 0 Å². The van der Waals surface area contributed by atoms with Gasteiger partial charge in [-0.15, -0.1) is 0 Å². The summed E-state index contributed by atoms with van der Waals surface area (Å²) in [4.78, 5) is 14.9. The fourth-order valence-corrected chi connectivity index (χ4v) is 3.46. The second-order valence-electron chi connectivity index (χ2n) is 6.67. The number of hydrogen-bond donors (Lipinski definition) is 1. The van der Waals surface area contributed by atoms with Crippen LogP contribution in [0.5, 0.6) is 0 Å². The molecule has 1 N–H and O–H groups in total. The van der Waals surface area contributed by atoms with Gasteiger partial charge in [0.05, 0.1) is 22.5 Å². The molecule has 1 aromatic rings. The number of aliphatic carboxylic acids is 1. The van der Waals surface area contributed by atoms with Crippen LogP contribution in [-0.2, 0) is 11.0 Å². The van der Waals surface area contributed by atoms with Gasteiger partial charge in [-0.2, -0.15) is 13.2 Å². The van der Waals surface area contributed by atoms with Crippen molar-refractivity contribution in [1.82, 2.24) is 0 Å². The molecule has 0 amide bonds. The van der Waals surface area contributed by atoms with Gasteiger partial charge in [-0.1, -0.05) is 6.08 Å². The molecule has 1 aromatic carbocycles. The van der Waals surface area contributed by atoms with E-state index in [1.54, 1.807) is 4.90 Å². The maximum atomic E-state index is 13.2. The molecule has 2 heterocycles. The Morgan fingerprint density at radius 2 is 2.00 bits per heavy atom. The van der Waals surface area contributed by atoms with Gasteiger partial charge >= 0.3 is 12.1 Å². The number of carboxylic acids is 1. The van der Waals surface area contributed by atoms with Crippen LogP contribution < -0.4 is 9.80 Å². The van der Waals surface area contributed by atoms with Crippen molar-refractivity contribution in [3.63, 3.8) is 0 Å². The van der Waals surface area contributed by atoms with Crippen molar-refractivity contribution in [2.24, 2.45) is 0 Å². The summed E-state index contributed by atoms with van der Waals surface area (Å²) in [7, 11) is 0. The first-order chi connectivity index (χ1) is 12.3. The van der Waals surface area contributed by atoms with Crippen LogP contribution in [0.1, 0.15) is 31.7 Å². The van der Waals surface area contributed by atoms with E-state index in [-0.39, 0.29) is 18.2 Å². The van der Waals surface area contributed by atoms with Crippen LogP contribution in [0, 0.1) is 0 Å². The molecular weight excluding hydrogens is 345 g/mol. The van der Waals surface area contributed by atoms with Crippen molar-refractivity contribution < 1.29 is 23.1 Å². The van der Waals surface area contributed by atoms with Crippen molar-refractivity contribution in [3.05, 3.63) is 47.7 Å². The zero-order valence-corrected chi connectivity index (χ0v) is 14.5. The Balaban J connectivity index is 2.00. The van der Waals surface area contributed by atoms with E-state index in [0.717, 1.165) is 43.6 Å². The van der Waals surface area contributed by atoms with Gasteiger partial charge < -0.3 is 14.9 Å². The Morgan fingerprint density at radius 1 is 1.23 bits per heavy atom. The number of halogens is 3. The highest BCUT2D eigenvalue weighted by atomic mass is 19.4. The molecule has 2 aliphatic heterocycles. The molecule has 1 fully saturated rings. The van der Waals surface area contributed by atoms with E-state index in [4.69, 9.17) is 5.11 Å². The monoisotopic (exact) mass is 366 g/mol. The van der Waals surface area contributed by atoms with Crippen LogP contribution in [0.3, 0.4) is 0 Å². The predicted octanol–water partition coefficient (Wildman–Crippen LogP) is 4.43. The Bertz CT molecular complexity index is 756. The molecule has 0 radical (unpaired) electrons. The van der Waals surface area contributed by atoms with Gasteiger partial charge in [0.25, 0.3) is 0 Å². The number of alkyl halides is 3. The summed E-state index contributed by atoms with van der Waals surface area (Å²) < 4.78 is 39.6. The van der Waals surface area contributed by atoms with Crippen LogP contribution in [0.15, 0.2) is 42.1 Å². The van der Waals surface area contributed by atoms with Gasteiger partial charge in [-0.3, -0.25) is 0 Å². The molecule has 26 heavy (non-hydrogen) atoms. The number of piperidine rings is 1. The van der Waals surface area contributed by atoms with Gasteiger partial charge in [0.2, 0.25) is 0 Å². The van der Waals surface area contributed by atoms with Gasteiger partial charge in [-0.05, 0) is 50.5 Å². The molecule has 140 valence electrons. The third-order valence-corrected chi connectivity index (χ3v) is 4.91. The summed E-state index contributed by atoms with van der Waals surface area (Å²) in [6.07, 6.45) is 3.14. The topological polar surface area (TPSA) is 43.8 Å². The van der Waals surface area contributed by atoms with Crippen molar-refractivity contribution >= 4 is 17.3 Å². The predicted molar refractivity (Wildman–Crippen MR) is 94.3 cm³/mol. The molecule has 1 atom stereocenters. The molecule has 3 rings (SSSR count). The number of benzene rings is 1. The third-order valence-electron chi connectivity index (χ3n) is 4.91. The number of nitrogens with zero attached hydrogens (tertiary/aromatic N) is 2. The number of carbonyl (C=O) groups is 1. The molecule has 2 aliphatic rings. The summed E-state index contributed by atoms with van der Waals surface area (Å²) in [6, 6.07) is 4.05. The lowest BCUT2D eigenvalue weighted by molar-refractivity contribution is -0.137. The molecule has 1 saturated heterocycles. The van der Waals surface area contributed by atoms with Gasteiger partial charge in [0, 0.05) is 25.3 Å². The molecule has 4 nitrogen and oxygen atoms in total. The molecule has 0 bridgehead atoms. The molecule has 0 unspecified atom stereocenters. The molecular formula is C19H21F3N2O2. The summed E-state index contributed by atoms with van der Waals surface area (Å²) in [5, 5.41) is 9.04. The quantitative estimate of drug-likeness (QED) is 0.860. The first-order valence-electron chi connectivity index (χ1n) is 8.63. The minimum atomic E-state index is -4.43. The number of hydrogen-bond acceptors (Lipinski definition) is 3. The Kier molecular flexibility index (Phi) is 4.98. The Hall–Kier alpha value is -2.44. The highest BCUT2D eigenvalue weighted by molar-refractivity contribution is 5.91. The smallest absolute Gasteiger partial charge is 0.416 e. The van der Waals surface area contributed by atoms with E-state index in [9.17, 15) is 18.0 Å². The normalized spacial score (nSPS) is 20.9. The van der Waals surface area contributed by atoms with Gasteiger partial charge in [0.1, 0.15) is 0 Å². The SMILES string of the molecule is C[C@H]1CCCCN1c1ccc(C(F)(F)F)cc1N1C=CC(C(=O)O)=CC1. The summed E-state index contributed by atoms with van der Waals surface area (Å²) in [6.45, 7) is 3.09. The lowest BCUT2D eigenvalue weighted by atomic mass is 10.0. The Morgan fingerprint density at radius 3 is 2.58 bits per heavy atom. The van der Waals surface area contributed by atoms with Gasteiger partial charge in [0.15, 0.2) is 0 Å². The standard InChI is InChI=1S/C19H21F3N2O2/c1-13-4-2-3-9-24(13)16-6-5-15(19(20,21)22)12-17(16)23-10-7-14(8-11-23)18(25)26/h5-8,10,12-13H,2-4,9,11H2,1H3,(H,25,26)/t13-/m0/s1. The second-order valence-corrected chi connectivity index (χ2v) is 6.67. The average molecular weight is 366 g/mol. The number of anilines is 2. The largest absolute Gasteiger partial charge is 0.478 e. The van der Waals surface area contributed by atoms with Crippen molar-refractivity contribution in [1.29, 1.82) is 0 Å². The fraction of sp³-hybridized carbons (Fsp3) is 0.421. The number of carboxylic acid groups (broad SMARTS) is 1. The van der Waals surface area contributed by atoms with Crippen LogP contribution in [0.2, 0.25) is 0 Å². The van der Waals surface area contributed by atoms with Crippen molar-refractivity contribution in [2.75, 3.05) is 22.9 Å². The summed E-state index contributed by atoms with van der Waals surface area (Å²) in [5.41, 5.74) is 0.635. The van der Waals surface area contributed by atoms with Crippen LogP contribution in [-0.4, -0.2) is 30.2 Å². The molecule has 0 saturated carbocycles.